The number of rotatable bonds is 5. The number of carboxylic acid groups (broad SMARTS) is 1. The second-order valence-electron chi connectivity index (χ2n) is 6.80. The van der Waals surface area contributed by atoms with Crippen molar-refractivity contribution >= 4 is 12.0 Å². The molecular formula is C15H26N2O4. The summed E-state index contributed by atoms with van der Waals surface area (Å²) in [5, 5.41) is 12.0. The zero-order valence-electron chi connectivity index (χ0n) is 13.3. The molecule has 2 amide bonds. The molecule has 0 aromatic heterocycles. The van der Waals surface area contributed by atoms with E-state index in [9.17, 15) is 9.59 Å². The maximum atomic E-state index is 12.1. The van der Waals surface area contributed by atoms with Crippen LogP contribution in [0.3, 0.4) is 0 Å². The summed E-state index contributed by atoms with van der Waals surface area (Å²) in [4.78, 5) is 24.7. The molecule has 1 heterocycles. The molecule has 2 rings (SSSR count). The summed E-state index contributed by atoms with van der Waals surface area (Å²) in [5.41, 5.74) is -0.0513. The Morgan fingerprint density at radius 3 is 2.52 bits per heavy atom. The van der Waals surface area contributed by atoms with Crippen molar-refractivity contribution in [2.24, 2.45) is 17.3 Å². The third-order valence-electron chi connectivity index (χ3n) is 5.14. The minimum atomic E-state index is -0.792. The van der Waals surface area contributed by atoms with Gasteiger partial charge < -0.3 is 20.1 Å². The summed E-state index contributed by atoms with van der Waals surface area (Å²) in [6.07, 6.45) is 1.04. The SMILES string of the molecule is CCOC1CC(NC(=O)N2CC(C(C)C(=O)O)C2)C1(C)C. The van der Waals surface area contributed by atoms with Crippen molar-refractivity contribution in [3.8, 4) is 0 Å². The fourth-order valence-electron chi connectivity index (χ4n) is 3.05. The van der Waals surface area contributed by atoms with Crippen LogP contribution in [0.5, 0.6) is 0 Å². The normalized spacial score (nSPS) is 29.2. The lowest BCUT2D eigenvalue weighted by atomic mass is 9.64. The summed E-state index contributed by atoms with van der Waals surface area (Å²) in [6, 6.07) is 0.0364. The van der Waals surface area contributed by atoms with Crippen LogP contribution in [0.4, 0.5) is 4.79 Å². The second-order valence-corrected chi connectivity index (χ2v) is 6.80. The van der Waals surface area contributed by atoms with Gasteiger partial charge in [-0.25, -0.2) is 4.79 Å². The number of carboxylic acids is 1. The molecule has 3 unspecified atom stereocenters. The highest BCUT2D eigenvalue weighted by Crippen LogP contribution is 2.43. The molecule has 120 valence electrons. The molecule has 2 fully saturated rings. The van der Waals surface area contributed by atoms with E-state index in [1.807, 2.05) is 6.92 Å². The second kappa shape index (κ2) is 5.83. The largest absolute Gasteiger partial charge is 0.481 e. The topological polar surface area (TPSA) is 78.9 Å². The predicted octanol–water partition coefficient (Wildman–Crippen LogP) is 1.55. The molecule has 6 heteroatoms. The number of aliphatic carboxylic acids is 1. The van der Waals surface area contributed by atoms with Gasteiger partial charge in [-0.15, -0.1) is 0 Å². The molecule has 6 nitrogen and oxygen atoms in total. The van der Waals surface area contributed by atoms with Crippen LogP contribution < -0.4 is 5.32 Å². The van der Waals surface area contributed by atoms with Crippen molar-refractivity contribution in [2.75, 3.05) is 19.7 Å². The summed E-state index contributed by atoms with van der Waals surface area (Å²) in [5.74, 6) is -1.12. The molecule has 2 N–H and O–H groups in total. The molecule has 0 bridgehead atoms. The van der Waals surface area contributed by atoms with E-state index < -0.39 is 11.9 Å². The van der Waals surface area contributed by atoms with Crippen LogP contribution in [0, 0.1) is 17.3 Å². The average Bonchev–Trinajstić information content (AvgIpc) is 2.35. The lowest BCUT2D eigenvalue weighted by Gasteiger charge is -2.52. The van der Waals surface area contributed by atoms with E-state index in [1.165, 1.54) is 0 Å². The Labute approximate surface area is 125 Å². The molecule has 1 aliphatic heterocycles. The third-order valence-corrected chi connectivity index (χ3v) is 5.14. The fourth-order valence-corrected chi connectivity index (χ4v) is 3.05. The first-order valence-electron chi connectivity index (χ1n) is 7.67. The maximum Gasteiger partial charge on any atom is 0.317 e. The van der Waals surface area contributed by atoms with E-state index >= 15 is 0 Å². The number of nitrogens with one attached hydrogen (secondary N) is 1. The van der Waals surface area contributed by atoms with Crippen molar-refractivity contribution in [3.63, 3.8) is 0 Å². The van der Waals surface area contributed by atoms with Gasteiger partial charge in [-0.3, -0.25) is 4.79 Å². The highest BCUT2D eigenvalue weighted by molar-refractivity contribution is 5.76. The molecule has 1 saturated heterocycles. The number of carbonyl (C=O) groups excluding carboxylic acids is 1. The first kappa shape index (κ1) is 16.1. The number of ether oxygens (including phenoxy) is 1. The minimum Gasteiger partial charge on any atom is -0.481 e. The Morgan fingerprint density at radius 2 is 2.05 bits per heavy atom. The van der Waals surface area contributed by atoms with Crippen molar-refractivity contribution in [2.45, 2.75) is 46.3 Å². The highest BCUT2D eigenvalue weighted by Gasteiger charge is 2.50. The highest BCUT2D eigenvalue weighted by atomic mass is 16.5. The number of urea groups is 1. The fraction of sp³-hybridized carbons (Fsp3) is 0.867. The van der Waals surface area contributed by atoms with Crippen molar-refractivity contribution in [1.29, 1.82) is 0 Å². The van der Waals surface area contributed by atoms with Gasteiger partial charge in [0.25, 0.3) is 0 Å². The number of hydrogen-bond donors (Lipinski definition) is 2. The average molecular weight is 298 g/mol. The number of amides is 2. The Kier molecular flexibility index (Phi) is 4.46. The van der Waals surface area contributed by atoms with E-state index in [2.05, 4.69) is 19.2 Å². The lowest BCUT2D eigenvalue weighted by Crippen LogP contribution is -2.65. The zero-order valence-corrected chi connectivity index (χ0v) is 13.3. The Hall–Kier alpha value is -1.30. The van der Waals surface area contributed by atoms with Gasteiger partial charge in [-0.05, 0) is 13.3 Å². The van der Waals surface area contributed by atoms with E-state index in [-0.39, 0.29) is 29.5 Å². The van der Waals surface area contributed by atoms with Gasteiger partial charge in [-0.2, -0.15) is 0 Å². The molecule has 1 aliphatic carbocycles. The zero-order chi connectivity index (χ0) is 15.8. The smallest absolute Gasteiger partial charge is 0.317 e. The van der Waals surface area contributed by atoms with Crippen molar-refractivity contribution in [1.82, 2.24) is 10.2 Å². The standard InChI is InChI=1S/C15H26N2O4/c1-5-21-12-6-11(15(12,3)4)16-14(20)17-7-10(8-17)9(2)13(18)19/h9-12H,5-8H2,1-4H3,(H,16,20)(H,18,19). The van der Waals surface area contributed by atoms with Crippen molar-refractivity contribution in [3.05, 3.63) is 0 Å². The third kappa shape index (κ3) is 3.00. The van der Waals surface area contributed by atoms with E-state index in [0.717, 1.165) is 6.42 Å². The molecule has 3 atom stereocenters. The molecular weight excluding hydrogens is 272 g/mol. The van der Waals surface area contributed by atoms with Crippen LogP contribution in [0.1, 0.15) is 34.1 Å². The molecule has 0 radical (unpaired) electrons. The van der Waals surface area contributed by atoms with Crippen LogP contribution in [0.15, 0.2) is 0 Å². The molecule has 2 aliphatic rings. The van der Waals surface area contributed by atoms with E-state index in [4.69, 9.17) is 9.84 Å². The Bertz CT molecular complexity index is 418. The molecule has 0 aromatic rings. The van der Waals surface area contributed by atoms with Crippen LogP contribution in [0.25, 0.3) is 0 Å². The predicted molar refractivity (Wildman–Crippen MR) is 78.0 cm³/mol. The quantitative estimate of drug-likeness (QED) is 0.807. The van der Waals surface area contributed by atoms with E-state index in [1.54, 1.807) is 11.8 Å². The monoisotopic (exact) mass is 298 g/mol. The number of nitrogens with zero attached hydrogens (tertiary/aromatic N) is 1. The van der Waals surface area contributed by atoms with Gasteiger partial charge >= 0.3 is 12.0 Å². The summed E-state index contributed by atoms with van der Waals surface area (Å²) < 4.78 is 5.65. The van der Waals surface area contributed by atoms with Gasteiger partial charge in [0, 0.05) is 37.1 Å². The van der Waals surface area contributed by atoms with Crippen LogP contribution in [0.2, 0.25) is 0 Å². The maximum absolute atomic E-state index is 12.1. The minimum absolute atomic E-state index is 0.0513. The summed E-state index contributed by atoms with van der Waals surface area (Å²) >= 11 is 0. The van der Waals surface area contributed by atoms with Gasteiger partial charge in [0.05, 0.1) is 12.0 Å². The molecule has 0 spiro atoms. The summed E-state index contributed by atoms with van der Waals surface area (Å²) in [7, 11) is 0. The van der Waals surface area contributed by atoms with Gasteiger partial charge in [-0.1, -0.05) is 20.8 Å². The number of carbonyl (C=O) groups is 2. The number of hydrogen-bond acceptors (Lipinski definition) is 3. The first-order valence-corrected chi connectivity index (χ1v) is 7.67. The summed E-state index contributed by atoms with van der Waals surface area (Å²) in [6.45, 7) is 9.63. The first-order chi connectivity index (χ1) is 9.77. The number of likely N-dealkylation sites (tertiary alicyclic amines) is 1. The van der Waals surface area contributed by atoms with Gasteiger partial charge in [0.1, 0.15) is 0 Å². The van der Waals surface area contributed by atoms with Gasteiger partial charge in [0.2, 0.25) is 0 Å². The van der Waals surface area contributed by atoms with E-state index in [0.29, 0.717) is 19.7 Å². The Balaban J connectivity index is 1.76. The molecule has 0 aromatic carbocycles. The van der Waals surface area contributed by atoms with Crippen molar-refractivity contribution < 1.29 is 19.4 Å². The van der Waals surface area contributed by atoms with Gasteiger partial charge in [0.15, 0.2) is 0 Å². The molecule has 21 heavy (non-hydrogen) atoms. The van der Waals surface area contributed by atoms with Crippen LogP contribution >= 0.6 is 0 Å². The molecule has 1 saturated carbocycles. The lowest BCUT2D eigenvalue weighted by molar-refractivity contribution is -0.145. The Morgan fingerprint density at radius 1 is 1.43 bits per heavy atom. The van der Waals surface area contributed by atoms with Crippen LogP contribution in [-0.4, -0.2) is 53.8 Å². The van der Waals surface area contributed by atoms with Crippen LogP contribution in [-0.2, 0) is 9.53 Å².